The van der Waals surface area contributed by atoms with E-state index in [1.54, 1.807) is 12.4 Å². The highest BCUT2D eigenvalue weighted by Crippen LogP contribution is 2.17. The van der Waals surface area contributed by atoms with Gasteiger partial charge in [-0.05, 0) is 12.2 Å². The Hall–Kier alpha value is -1.01. The minimum atomic E-state index is 0.615. The number of hydrogen-bond acceptors (Lipinski definition) is 6. The fraction of sp³-hybridized carbons (Fsp3) is 0.556. The second kappa shape index (κ2) is 5.18. The third-order valence-corrected chi connectivity index (χ3v) is 3.36. The molecule has 6 heteroatoms. The van der Waals surface area contributed by atoms with Gasteiger partial charge in [-0.3, -0.25) is 4.98 Å². The maximum Gasteiger partial charge on any atom is 0.160 e. The molecule has 3 N–H and O–H groups in total. The molecule has 2 heterocycles. The SMILES string of the molecule is NNc1cncc(N2CCCSCC2)n1. The van der Waals surface area contributed by atoms with E-state index >= 15 is 0 Å². The number of hydrogen-bond donors (Lipinski definition) is 2. The summed E-state index contributed by atoms with van der Waals surface area (Å²) in [4.78, 5) is 10.7. The van der Waals surface area contributed by atoms with Crippen molar-refractivity contribution in [3.05, 3.63) is 12.4 Å². The summed E-state index contributed by atoms with van der Waals surface area (Å²) < 4.78 is 0. The summed E-state index contributed by atoms with van der Waals surface area (Å²) in [5.74, 6) is 9.22. The van der Waals surface area contributed by atoms with E-state index in [1.165, 1.54) is 12.2 Å². The highest BCUT2D eigenvalue weighted by molar-refractivity contribution is 7.99. The standard InChI is InChI=1S/C9H15N5S/c10-13-8-6-11-7-9(12-8)14-2-1-4-15-5-3-14/h6-7H,1-5,10H2,(H,12,13). The number of nitrogens with two attached hydrogens (primary N) is 1. The summed E-state index contributed by atoms with van der Waals surface area (Å²) in [7, 11) is 0. The summed E-state index contributed by atoms with van der Waals surface area (Å²) >= 11 is 1.99. The van der Waals surface area contributed by atoms with Gasteiger partial charge in [-0.2, -0.15) is 11.8 Å². The van der Waals surface area contributed by atoms with Crippen molar-refractivity contribution in [2.24, 2.45) is 5.84 Å². The van der Waals surface area contributed by atoms with Gasteiger partial charge in [0.2, 0.25) is 0 Å². The van der Waals surface area contributed by atoms with Gasteiger partial charge in [0.05, 0.1) is 12.4 Å². The molecule has 1 saturated heterocycles. The van der Waals surface area contributed by atoms with Gasteiger partial charge in [0, 0.05) is 18.8 Å². The summed E-state index contributed by atoms with van der Waals surface area (Å²) in [5, 5.41) is 0. The maximum absolute atomic E-state index is 5.30. The molecule has 1 fully saturated rings. The summed E-state index contributed by atoms with van der Waals surface area (Å²) in [6.45, 7) is 2.09. The first-order chi connectivity index (χ1) is 7.40. The molecule has 0 radical (unpaired) electrons. The molecule has 82 valence electrons. The van der Waals surface area contributed by atoms with Crippen molar-refractivity contribution in [3.63, 3.8) is 0 Å². The molecule has 2 rings (SSSR count). The van der Waals surface area contributed by atoms with Crippen molar-refractivity contribution >= 4 is 23.4 Å². The Morgan fingerprint density at radius 3 is 3.13 bits per heavy atom. The smallest absolute Gasteiger partial charge is 0.160 e. The van der Waals surface area contributed by atoms with Crippen LogP contribution in [0.3, 0.4) is 0 Å². The predicted molar refractivity (Wildman–Crippen MR) is 64.0 cm³/mol. The van der Waals surface area contributed by atoms with Crippen LogP contribution in [0.5, 0.6) is 0 Å². The van der Waals surface area contributed by atoms with Gasteiger partial charge >= 0.3 is 0 Å². The molecule has 0 bridgehead atoms. The highest BCUT2D eigenvalue weighted by Gasteiger charge is 2.11. The van der Waals surface area contributed by atoms with Crippen LogP contribution in [0.4, 0.5) is 11.6 Å². The average molecular weight is 225 g/mol. The lowest BCUT2D eigenvalue weighted by atomic mass is 10.4. The first-order valence-electron chi connectivity index (χ1n) is 5.01. The fourth-order valence-corrected chi connectivity index (χ4v) is 2.44. The number of thioether (sulfide) groups is 1. The van der Waals surface area contributed by atoms with E-state index in [-0.39, 0.29) is 0 Å². The van der Waals surface area contributed by atoms with Gasteiger partial charge in [0.1, 0.15) is 5.82 Å². The zero-order valence-electron chi connectivity index (χ0n) is 8.52. The Labute approximate surface area is 93.4 Å². The monoisotopic (exact) mass is 225 g/mol. The zero-order valence-corrected chi connectivity index (χ0v) is 9.33. The van der Waals surface area contributed by atoms with Crippen LogP contribution < -0.4 is 16.2 Å². The van der Waals surface area contributed by atoms with E-state index in [2.05, 4.69) is 20.3 Å². The van der Waals surface area contributed by atoms with Gasteiger partial charge < -0.3 is 10.3 Å². The fourth-order valence-electron chi connectivity index (χ4n) is 1.55. The van der Waals surface area contributed by atoms with Crippen molar-refractivity contribution in [3.8, 4) is 0 Å². The van der Waals surface area contributed by atoms with E-state index in [0.29, 0.717) is 5.82 Å². The molecule has 5 nitrogen and oxygen atoms in total. The van der Waals surface area contributed by atoms with Crippen LogP contribution in [0.2, 0.25) is 0 Å². The number of rotatable bonds is 2. The van der Waals surface area contributed by atoms with Crippen LogP contribution >= 0.6 is 11.8 Å². The number of nitrogen functional groups attached to an aromatic ring is 1. The molecule has 15 heavy (non-hydrogen) atoms. The summed E-state index contributed by atoms with van der Waals surface area (Å²) in [6, 6.07) is 0. The summed E-state index contributed by atoms with van der Waals surface area (Å²) in [6.07, 6.45) is 4.61. The van der Waals surface area contributed by atoms with Gasteiger partial charge in [0.25, 0.3) is 0 Å². The molecule has 0 amide bonds. The molecule has 0 atom stereocenters. The molecule has 1 aliphatic heterocycles. The normalized spacial score (nSPS) is 17.3. The van der Waals surface area contributed by atoms with Crippen LogP contribution in [-0.4, -0.2) is 34.6 Å². The van der Waals surface area contributed by atoms with E-state index < -0.39 is 0 Å². The Morgan fingerprint density at radius 2 is 2.27 bits per heavy atom. The van der Waals surface area contributed by atoms with E-state index in [9.17, 15) is 0 Å². The lowest BCUT2D eigenvalue weighted by Gasteiger charge is -2.20. The second-order valence-electron chi connectivity index (χ2n) is 3.36. The van der Waals surface area contributed by atoms with Gasteiger partial charge in [-0.25, -0.2) is 10.8 Å². The number of hydrazine groups is 1. The quantitative estimate of drug-likeness (QED) is 0.570. The number of aromatic nitrogens is 2. The van der Waals surface area contributed by atoms with Crippen LogP contribution in [-0.2, 0) is 0 Å². The molecule has 1 aromatic heterocycles. The third-order valence-electron chi connectivity index (χ3n) is 2.32. The van der Waals surface area contributed by atoms with E-state index in [4.69, 9.17) is 5.84 Å². The van der Waals surface area contributed by atoms with Crippen molar-refractivity contribution in [2.75, 3.05) is 34.9 Å². The van der Waals surface area contributed by atoms with Crippen LogP contribution in [0, 0.1) is 0 Å². The Bertz CT molecular complexity index is 311. The Morgan fingerprint density at radius 1 is 1.33 bits per heavy atom. The van der Waals surface area contributed by atoms with E-state index in [0.717, 1.165) is 24.7 Å². The topological polar surface area (TPSA) is 67.1 Å². The number of nitrogens with zero attached hydrogens (tertiary/aromatic N) is 3. The number of nitrogens with one attached hydrogen (secondary N) is 1. The molecule has 1 aromatic rings. The van der Waals surface area contributed by atoms with Gasteiger partial charge in [-0.1, -0.05) is 0 Å². The average Bonchev–Trinajstić information content (AvgIpc) is 2.58. The van der Waals surface area contributed by atoms with Gasteiger partial charge in [0.15, 0.2) is 5.82 Å². The lowest BCUT2D eigenvalue weighted by Crippen LogP contribution is -2.27. The third kappa shape index (κ3) is 2.73. The van der Waals surface area contributed by atoms with Crippen molar-refractivity contribution in [2.45, 2.75) is 6.42 Å². The predicted octanol–water partition coefficient (Wildman–Crippen LogP) is 0.705. The Balaban J connectivity index is 2.12. The first-order valence-corrected chi connectivity index (χ1v) is 6.17. The molecule has 1 aliphatic rings. The van der Waals surface area contributed by atoms with Crippen molar-refractivity contribution in [1.82, 2.24) is 9.97 Å². The first kappa shape index (κ1) is 10.5. The van der Waals surface area contributed by atoms with Crippen LogP contribution in [0.15, 0.2) is 12.4 Å². The lowest BCUT2D eigenvalue weighted by molar-refractivity contribution is 0.798. The maximum atomic E-state index is 5.30. The molecule has 0 saturated carbocycles. The molecule has 0 aromatic carbocycles. The minimum Gasteiger partial charge on any atom is -0.354 e. The van der Waals surface area contributed by atoms with Gasteiger partial charge in [-0.15, -0.1) is 0 Å². The number of anilines is 2. The largest absolute Gasteiger partial charge is 0.354 e. The molecule has 0 aliphatic carbocycles. The Kier molecular flexibility index (Phi) is 3.63. The molecule has 0 unspecified atom stereocenters. The van der Waals surface area contributed by atoms with Crippen LogP contribution in [0.1, 0.15) is 6.42 Å². The van der Waals surface area contributed by atoms with Crippen molar-refractivity contribution < 1.29 is 0 Å². The minimum absolute atomic E-state index is 0.615. The molecule has 0 spiro atoms. The van der Waals surface area contributed by atoms with Crippen LogP contribution in [0.25, 0.3) is 0 Å². The second-order valence-corrected chi connectivity index (χ2v) is 4.58. The van der Waals surface area contributed by atoms with E-state index in [1.807, 2.05) is 11.8 Å². The zero-order chi connectivity index (χ0) is 10.5. The summed E-state index contributed by atoms with van der Waals surface area (Å²) in [5.41, 5.74) is 2.52. The van der Waals surface area contributed by atoms with Crippen molar-refractivity contribution in [1.29, 1.82) is 0 Å². The highest BCUT2D eigenvalue weighted by atomic mass is 32.2. The molecular formula is C9H15N5S. The molecular weight excluding hydrogens is 210 g/mol.